The molecular formula is C7H9FN2S. The summed E-state index contributed by atoms with van der Waals surface area (Å²) >= 11 is 1.49. The van der Waals surface area contributed by atoms with Crippen molar-refractivity contribution >= 4 is 11.5 Å². The van der Waals surface area contributed by atoms with Crippen LogP contribution in [0.5, 0.6) is 0 Å². The van der Waals surface area contributed by atoms with E-state index in [-0.39, 0.29) is 0 Å². The molecular weight excluding hydrogens is 163 g/mol. The van der Waals surface area contributed by atoms with Gasteiger partial charge in [-0.2, -0.15) is 0 Å². The van der Waals surface area contributed by atoms with E-state index in [0.717, 1.165) is 6.54 Å². The first-order chi connectivity index (χ1) is 5.34. The molecule has 1 saturated heterocycles. The molecule has 0 unspecified atom stereocenters. The number of alkyl halides is 1. The maximum atomic E-state index is 12.3. The van der Waals surface area contributed by atoms with Crippen molar-refractivity contribution in [2.24, 2.45) is 0 Å². The van der Waals surface area contributed by atoms with E-state index in [1.807, 2.05) is 6.07 Å². The Bertz CT molecular complexity index is 218. The van der Waals surface area contributed by atoms with E-state index in [9.17, 15) is 4.39 Å². The molecule has 11 heavy (non-hydrogen) atoms. The third kappa shape index (κ3) is 1.57. The minimum Gasteiger partial charge on any atom is -0.292 e. The van der Waals surface area contributed by atoms with E-state index in [0.29, 0.717) is 13.1 Å². The van der Waals surface area contributed by atoms with Gasteiger partial charge in [0.1, 0.15) is 6.17 Å². The first-order valence-corrected chi connectivity index (χ1v) is 4.38. The molecule has 2 heterocycles. The lowest BCUT2D eigenvalue weighted by Crippen LogP contribution is -2.47. The molecule has 1 aliphatic rings. The normalized spacial score (nSPS) is 20.1. The van der Waals surface area contributed by atoms with Gasteiger partial charge in [0, 0.05) is 30.7 Å². The fourth-order valence-corrected chi connectivity index (χ4v) is 1.80. The summed E-state index contributed by atoms with van der Waals surface area (Å²) < 4.78 is 16.3. The molecule has 2 rings (SSSR count). The quantitative estimate of drug-likeness (QED) is 0.668. The maximum absolute atomic E-state index is 12.3. The molecule has 0 amide bonds. The third-order valence-corrected chi connectivity index (χ3v) is 2.51. The molecule has 0 aliphatic carbocycles. The van der Waals surface area contributed by atoms with Gasteiger partial charge < -0.3 is 0 Å². The lowest BCUT2D eigenvalue weighted by Gasteiger charge is -2.33. The minimum absolute atomic E-state index is 0.595. The zero-order valence-electron chi connectivity index (χ0n) is 6.03. The summed E-state index contributed by atoms with van der Waals surface area (Å²) in [5.41, 5.74) is 0. The molecule has 0 radical (unpaired) electrons. The van der Waals surface area contributed by atoms with Crippen LogP contribution in [0.4, 0.5) is 4.39 Å². The predicted octanol–water partition coefficient (Wildman–Crippen LogP) is 1.30. The molecule has 0 bridgehead atoms. The van der Waals surface area contributed by atoms with Crippen LogP contribution in [0, 0.1) is 0 Å². The number of hydrogen-bond donors (Lipinski definition) is 0. The first-order valence-electron chi connectivity index (χ1n) is 3.60. The highest BCUT2D eigenvalue weighted by atomic mass is 32.1. The molecule has 4 heteroatoms. The van der Waals surface area contributed by atoms with Crippen LogP contribution in [0.3, 0.4) is 0 Å². The van der Waals surface area contributed by atoms with Crippen LogP contribution in [0.1, 0.15) is 4.88 Å². The predicted molar refractivity (Wildman–Crippen MR) is 42.3 cm³/mol. The Labute approximate surface area is 68.8 Å². The second-order valence-corrected chi connectivity index (χ2v) is 3.69. The second-order valence-electron chi connectivity index (χ2n) is 2.77. The third-order valence-electron chi connectivity index (χ3n) is 1.78. The average molecular weight is 172 g/mol. The van der Waals surface area contributed by atoms with Crippen molar-refractivity contribution < 1.29 is 4.39 Å². The van der Waals surface area contributed by atoms with E-state index in [2.05, 4.69) is 9.27 Å². The zero-order valence-corrected chi connectivity index (χ0v) is 6.85. The Balaban J connectivity index is 1.84. The fraction of sp³-hybridized carbons (Fsp3) is 0.571. The van der Waals surface area contributed by atoms with Crippen LogP contribution in [0.2, 0.25) is 0 Å². The van der Waals surface area contributed by atoms with Crippen LogP contribution >= 0.6 is 11.5 Å². The van der Waals surface area contributed by atoms with Gasteiger partial charge >= 0.3 is 0 Å². The highest BCUT2D eigenvalue weighted by Gasteiger charge is 2.25. The largest absolute Gasteiger partial charge is 0.292 e. The van der Waals surface area contributed by atoms with Gasteiger partial charge in [0.15, 0.2) is 0 Å². The van der Waals surface area contributed by atoms with Crippen LogP contribution in [-0.4, -0.2) is 28.5 Å². The Morgan fingerprint density at radius 1 is 1.73 bits per heavy atom. The standard InChI is InChI=1S/C7H9FN2S/c8-6-3-10(4-6)5-7-1-2-9-11-7/h1-2,6H,3-5H2. The molecule has 1 aromatic rings. The molecule has 0 saturated carbocycles. The molecule has 1 fully saturated rings. The summed E-state index contributed by atoms with van der Waals surface area (Å²) in [6.07, 6.45) is 1.19. The number of hydrogen-bond acceptors (Lipinski definition) is 3. The van der Waals surface area contributed by atoms with Crippen molar-refractivity contribution in [3.05, 3.63) is 17.1 Å². The molecule has 0 N–H and O–H groups in total. The summed E-state index contributed by atoms with van der Waals surface area (Å²) in [7, 11) is 0. The number of aromatic nitrogens is 1. The Hall–Kier alpha value is -0.480. The van der Waals surface area contributed by atoms with Gasteiger partial charge in [-0.05, 0) is 17.6 Å². The van der Waals surface area contributed by atoms with Crippen LogP contribution < -0.4 is 0 Å². The van der Waals surface area contributed by atoms with Crippen LogP contribution in [-0.2, 0) is 6.54 Å². The van der Waals surface area contributed by atoms with Gasteiger partial charge in [-0.3, -0.25) is 4.90 Å². The lowest BCUT2D eigenvalue weighted by molar-refractivity contribution is 0.0600. The number of halogens is 1. The van der Waals surface area contributed by atoms with Gasteiger partial charge in [-0.25, -0.2) is 8.76 Å². The molecule has 0 atom stereocenters. The van der Waals surface area contributed by atoms with E-state index >= 15 is 0 Å². The maximum Gasteiger partial charge on any atom is 0.125 e. The molecule has 60 valence electrons. The zero-order chi connectivity index (χ0) is 7.68. The Kier molecular flexibility index (Phi) is 1.87. The molecule has 1 aliphatic heterocycles. The molecule has 1 aromatic heterocycles. The molecule has 0 aromatic carbocycles. The van der Waals surface area contributed by atoms with E-state index < -0.39 is 6.17 Å². The van der Waals surface area contributed by atoms with Crippen molar-refractivity contribution in [3.8, 4) is 0 Å². The molecule has 0 spiro atoms. The summed E-state index contributed by atoms with van der Waals surface area (Å²) in [6.45, 7) is 2.06. The first kappa shape index (κ1) is 7.18. The number of likely N-dealkylation sites (tertiary alicyclic amines) is 1. The van der Waals surface area contributed by atoms with Crippen molar-refractivity contribution in [3.63, 3.8) is 0 Å². The monoisotopic (exact) mass is 172 g/mol. The summed E-state index contributed by atoms with van der Waals surface area (Å²) in [6, 6.07) is 1.98. The van der Waals surface area contributed by atoms with Crippen molar-refractivity contribution in [1.82, 2.24) is 9.27 Å². The van der Waals surface area contributed by atoms with Crippen molar-refractivity contribution in [1.29, 1.82) is 0 Å². The topological polar surface area (TPSA) is 16.1 Å². The number of nitrogens with zero attached hydrogens (tertiary/aromatic N) is 2. The fourth-order valence-electron chi connectivity index (χ4n) is 1.18. The molecule has 2 nitrogen and oxygen atoms in total. The average Bonchev–Trinajstić information content (AvgIpc) is 2.36. The smallest absolute Gasteiger partial charge is 0.125 e. The van der Waals surface area contributed by atoms with Gasteiger partial charge in [-0.15, -0.1) is 0 Å². The van der Waals surface area contributed by atoms with E-state index in [4.69, 9.17) is 0 Å². The lowest BCUT2D eigenvalue weighted by atomic mass is 10.2. The van der Waals surface area contributed by atoms with Gasteiger partial charge in [-0.1, -0.05) is 0 Å². The van der Waals surface area contributed by atoms with Crippen molar-refractivity contribution in [2.45, 2.75) is 12.7 Å². The van der Waals surface area contributed by atoms with Gasteiger partial charge in [0.25, 0.3) is 0 Å². The Morgan fingerprint density at radius 3 is 3.09 bits per heavy atom. The highest BCUT2D eigenvalue weighted by molar-refractivity contribution is 7.05. The summed E-state index contributed by atoms with van der Waals surface area (Å²) in [5.74, 6) is 0. The van der Waals surface area contributed by atoms with E-state index in [1.54, 1.807) is 6.20 Å². The minimum atomic E-state index is -0.595. The highest BCUT2D eigenvalue weighted by Crippen LogP contribution is 2.16. The second kappa shape index (κ2) is 2.87. The number of rotatable bonds is 2. The Morgan fingerprint density at radius 2 is 2.55 bits per heavy atom. The van der Waals surface area contributed by atoms with Crippen molar-refractivity contribution in [2.75, 3.05) is 13.1 Å². The summed E-state index contributed by atoms with van der Waals surface area (Å²) in [4.78, 5) is 3.30. The van der Waals surface area contributed by atoms with Gasteiger partial charge in [0.2, 0.25) is 0 Å². The SMILES string of the molecule is FC1CN(Cc2ccns2)C1. The van der Waals surface area contributed by atoms with Crippen LogP contribution in [0.15, 0.2) is 12.3 Å². The van der Waals surface area contributed by atoms with E-state index in [1.165, 1.54) is 16.4 Å². The summed E-state index contributed by atoms with van der Waals surface area (Å²) in [5, 5.41) is 0. The van der Waals surface area contributed by atoms with Crippen LogP contribution in [0.25, 0.3) is 0 Å². The van der Waals surface area contributed by atoms with Gasteiger partial charge in [0.05, 0.1) is 0 Å².